The quantitative estimate of drug-likeness (QED) is 0.798. The average molecular weight is 311 g/mol. The minimum Gasteiger partial charge on any atom is -0.478 e. The number of amides is 2. The van der Waals surface area contributed by atoms with Gasteiger partial charge in [0.05, 0.1) is 10.7 Å². The van der Waals surface area contributed by atoms with Crippen LogP contribution in [-0.4, -0.2) is 23.1 Å². The van der Waals surface area contributed by atoms with Gasteiger partial charge in [-0.3, -0.25) is 0 Å². The zero-order chi connectivity index (χ0) is 15.6. The van der Waals surface area contributed by atoms with E-state index in [1.165, 1.54) is 12.1 Å². The molecule has 1 fully saturated rings. The maximum atomic E-state index is 12.0. The number of urea groups is 1. The molecule has 0 saturated heterocycles. The van der Waals surface area contributed by atoms with Crippen LogP contribution >= 0.6 is 11.6 Å². The van der Waals surface area contributed by atoms with Crippen LogP contribution in [0.4, 0.5) is 10.5 Å². The molecule has 1 aliphatic rings. The lowest BCUT2D eigenvalue weighted by Gasteiger charge is -2.20. The molecule has 1 saturated carbocycles. The van der Waals surface area contributed by atoms with Gasteiger partial charge in [-0.05, 0) is 36.8 Å². The molecule has 0 radical (unpaired) electrons. The molecule has 6 heteroatoms. The molecular formula is C15H19ClN2O3. The fraction of sp³-hybridized carbons (Fsp3) is 0.467. The van der Waals surface area contributed by atoms with Gasteiger partial charge in [0.25, 0.3) is 0 Å². The lowest BCUT2D eigenvalue weighted by molar-refractivity contribution is 0.0698. The zero-order valence-corrected chi connectivity index (χ0v) is 12.8. The third-order valence-electron chi connectivity index (χ3n) is 4.26. The number of benzene rings is 1. The molecule has 3 N–H and O–H groups in total. The number of anilines is 1. The number of carbonyl (C=O) groups excluding carboxylic acids is 1. The number of rotatable bonds is 3. The molecule has 1 aromatic rings. The molecule has 2 amide bonds. The van der Waals surface area contributed by atoms with Gasteiger partial charge in [-0.1, -0.05) is 31.5 Å². The fourth-order valence-electron chi connectivity index (χ4n) is 2.74. The molecule has 21 heavy (non-hydrogen) atoms. The van der Waals surface area contributed by atoms with Crippen molar-refractivity contribution in [3.63, 3.8) is 0 Å². The number of carboxylic acids is 1. The molecule has 0 bridgehead atoms. The Labute approximate surface area is 128 Å². The smallest absolute Gasteiger partial charge is 0.339 e. The van der Waals surface area contributed by atoms with Crippen molar-refractivity contribution in [1.82, 2.24) is 5.32 Å². The van der Waals surface area contributed by atoms with Crippen LogP contribution in [0.25, 0.3) is 0 Å². The van der Waals surface area contributed by atoms with Crippen molar-refractivity contribution in [3.05, 3.63) is 28.8 Å². The molecule has 0 spiro atoms. The van der Waals surface area contributed by atoms with Gasteiger partial charge in [-0.25, -0.2) is 9.59 Å². The van der Waals surface area contributed by atoms with E-state index >= 15 is 0 Å². The standard InChI is InChI=1S/C15H19ClN2O3/c1-8-6-7-11(9(8)2)17-15(21)18-12-5-3-4-10(16)13(12)14(19)20/h3-5,8-9,11H,6-7H2,1-2H3,(H,19,20)(H2,17,18,21). The number of hydrogen-bond donors (Lipinski definition) is 3. The van der Waals surface area contributed by atoms with Gasteiger partial charge >= 0.3 is 12.0 Å². The van der Waals surface area contributed by atoms with E-state index in [2.05, 4.69) is 24.5 Å². The van der Waals surface area contributed by atoms with Gasteiger partial charge < -0.3 is 15.7 Å². The van der Waals surface area contributed by atoms with Crippen molar-refractivity contribution in [2.75, 3.05) is 5.32 Å². The number of hydrogen-bond acceptors (Lipinski definition) is 2. The lowest BCUT2D eigenvalue weighted by Crippen LogP contribution is -2.40. The summed E-state index contributed by atoms with van der Waals surface area (Å²) in [4.78, 5) is 23.3. The van der Waals surface area contributed by atoms with E-state index in [0.717, 1.165) is 12.8 Å². The summed E-state index contributed by atoms with van der Waals surface area (Å²) in [5.74, 6) is -0.177. The first kappa shape index (κ1) is 15.6. The van der Waals surface area contributed by atoms with Crippen molar-refractivity contribution in [1.29, 1.82) is 0 Å². The summed E-state index contributed by atoms with van der Waals surface area (Å²) in [7, 11) is 0. The molecule has 0 aliphatic heterocycles. The monoisotopic (exact) mass is 310 g/mol. The van der Waals surface area contributed by atoms with Crippen molar-refractivity contribution >= 4 is 29.3 Å². The van der Waals surface area contributed by atoms with Crippen LogP contribution in [0, 0.1) is 11.8 Å². The molecule has 3 unspecified atom stereocenters. The van der Waals surface area contributed by atoms with Gasteiger partial charge in [0.1, 0.15) is 5.56 Å². The minimum absolute atomic E-state index is 0.0952. The summed E-state index contributed by atoms with van der Waals surface area (Å²) in [6, 6.07) is 4.33. The Kier molecular flexibility index (Phi) is 4.73. The number of carbonyl (C=O) groups is 2. The van der Waals surface area contributed by atoms with Crippen molar-refractivity contribution in [3.8, 4) is 0 Å². The van der Waals surface area contributed by atoms with Crippen LogP contribution in [0.1, 0.15) is 37.0 Å². The Balaban J connectivity index is 2.07. The predicted octanol–water partition coefficient (Wildman–Crippen LogP) is 3.59. The van der Waals surface area contributed by atoms with Crippen LogP contribution in [0.3, 0.4) is 0 Å². The normalized spacial score (nSPS) is 24.6. The second-order valence-electron chi connectivity index (χ2n) is 5.59. The average Bonchev–Trinajstić information content (AvgIpc) is 2.70. The highest BCUT2D eigenvalue weighted by Gasteiger charge is 2.30. The number of aromatic carboxylic acids is 1. The maximum absolute atomic E-state index is 12.0. The molecule has 2 rings (SSSR count). The van der Waals surface area contributed by atoms with Crippen molar-refractivity contribution in [2.24, 2.45) is 11.8 Å². The zero-order valence-electron chi connectivity index (χ0n) is 12.0. The van der Waals surface area contributed by atoms with Crippen LogP contribution in [0.15, 0.2) is 18.2 Å². The van der Waals surface area contributed by atoms with Crippen LogP contribution in [0.5, 0.6) is 0 Å². The first-order valence-corrected chi connectivity index (χ1v) is 7.37. The maximum Gasteiger partial charge on any atom is 0.339 e. The highest BCUT2D eigenvalue weighted by atomic mass is 35.5. The van der Waals surface area contributed by atoms with E-state index < -0.39 is 12.0 Å². The second kappa shape index (κ2) is 6.35. The summed E-state index contributed by atoms with van der Waals surface area (Å²) < 4.78 is 0. The molecule has 114 valence electrons. The first-order valence-electron chi connectivity index (χ1n) is 6.99. The summed E-state index contributed by atoms with van der Waals surface area (Å²) in [5, 5.41) is 14.8. The van der Waals surface area contributed by atoms with E-state index in [1.807, 2.05) is 0 Å². The van der Waals surface area contributed by atoms with Crippen LogP contribution in [-0.2, 0) is 0 Å². The van der Waals surface area contributed by atoms with Crippen molar-refractivity contribution < 1.29 is 14.7 Å². The Morgan fingerprint density at radius 1 is 1.29 bits per heavy atom. The van der Waals surface area contributed by atoms with Gasteiger partial charge in [0, 0.05) is 6.04 Å². The largest absolute Gasteiger partial charge is 0.478 e. The third kappa shape index (κ3) is 3.47. The Morgan fingerprint density at radius 2 is 2.00 bits per heavy atom. The van der Waals surface area contributed by atoms with Gasteiger partial charge in [0.2, 0.25) is 0 Å². The fourth-order valence-corrected chi connectivity index (χ4v) is 3.00. The Hall–Kier alpha value is -1.75. The van der Waals surface area contributed by atoms with Crippen LogP contribution < -0.4 is 10.6 Å². The first-order chi connectivity index (χ1) is 9.90. The van der Waals surface area contributed by atoms with Crippen molar-refractivity contribution in [2.45, 2.75) is 32.7 Å². The molecule has 1 aliphatic carbocycles. The van der Waals surface area contributed by atoms with E-state index in [4.69, 9.17) is 16.7 Å². The van der Waals surface area contributed by atoms with E-state index in [-0.39, 0.29) is 22.3 Å². The molecular weight excluding hydrogens is 292 g/mol. The molecule has 3 atom stereocenters. The second-order valence-corrected chi connectivity index (χ2v) is 5.99. The van der Waals surface area contributed by atoms with E-state index in [9.17, 15) is 9.59 Å². The minimum atomic E-state index is -1.17. The van der Waals surface area contributed by atoms with Gasteiger partial charge in [-0.15, -0.1) is 0 Å². The number of nitrogens with one attached hydrogen (secondary N) is 2. The van der Waals surface area contributed by atoms with E-state index in [0.29, 0.717) is 11.8 Å². The Morgan fingerprint density at radius 3 is 2.57 bits per heavy atom. The summed E-state index contributed by atoms with van der Waals surface area (Å²) >= 11 is 5.87. The topological polar surface area (TPSA) is 78.4 Å². The molecule has 1 aromatic carbocycles. The summed E-state index contributed by atoms with van der Waals surface area (Å²) in [6.07, 6.45) is 2.03. The molecule has 0 heterocycles. The lowest BCUT2D eigenvalue weighted by atomic mass is 9.98. The predicted molar refractivity (Wildman–Crippen MR) is 81.9 cm³/mol. The summed E-state index contributed by atoms with van der Waals surface area (Å²) in [5.41, 5.74) is 0.105. The molecule has 0 aromatic heterocycles. The number of carboxylic acid groups (broad SMARTS) is 1. The van der Waals surface area contributed by atoms with Gasteiger partial charge in [-0.2, -0.15) is 0 Å². The highest BCUT2D eigenvalue weighted by molar-refractivity contribution is 6.34. The molecule has 5 nitrogen and oxygen atoms in total. The van der Waals surface area contributed by atoms with E-state index in [1.54, 1.807) is 6.07 Å². The SMILES string of the molecule is CC1CCC(NC(=O)Nc2cccc(Cl)c2C(=O)O)C1C. The Bertz CT molecular complexity index is 562. The highest BCUT2D eigenvalue weighted by Crippen LogP contribution is 2.31. The van der Waals surface area contributed by atoms with Crippen LogP contribution in [0.2, 0.25) is 5.02 Å². The van der Waals surface area contributed by atoms with Gasteiger partial charge in [0.15, 0.2) is 0 Å². The summed E-state index contributed by atoms with van der Waals surface area (Å²) in [6.45, 7) is 4.29. The third-order valence-corrected chi connectivity index (χ3v) is 4.57. The number of halogens is 1.